The number of allylic oxidation sites excluding steroid dienone is 30. The zero-order chi connectivity index (χ0) is 76.6. The van der Waals surface area contributed by atoms with Crippen LogP contribution in [0.3, 0.4) is 0 Å². The molecule has 0 aromatic rings. The summed E-state index contributed by atoms with van der Waals surface area (Å²) >= 11 is 0. The molecule has 105 heavy (non-hydrogen) atoms. The Hall–Kier alpha value is -5.35. The number of carbonyl (C=O) groups is 3. The lowest BCUT2D eigenvalue weighted by Crippen LogP contribution is -2.30. The second-order valence-corrected chi connectivity index (χ2v) is 29.0. The molecule has 0 saturated heterocycles. The number of hydrogen-bond donors (Lipinski definition) is 4. The molecule has 0 aliphatic rings. The molecule has 0 aromatic carbocycles. The molecule has 0 radical (unpaired) electrons. The van der Waals surface area contributed by atoms with Crippen LogP contribution in [-0.4, -0.2) is 95.9 Å². The minimum atomic E-state index is -4.96. The first-order valence-electron chi connectivity index (χ1n) is 40.1. The number of ether oxygens (including phenoxy) is 3. The van der Waals surface area contributed by atoms with Gasteiger partial charge in [0.25, 0.3) is 0 Å². The summed E-state index contributed by atoms with van der Waals surface area (Å²) in [4.78, 5) is 58.8. The standard InChI is InChI=1S/C87H142O16P2/c1-4-7-10-13-16-19-22-25-28-31-34-37-39-40-42-45-46-49-52-55-58-61-64-67-70-73-85(90)97-76-82(88)77-99-104(93,94)100-78-83(89)79-101-105(95,96)102-81-84(103-87(92)75-72-69-66-63-60-57-54-51-48-43-36-33-30-27-24-21-18-15-12-9-6-3)80-98-86(91)74-71-68-65-62-59-56-53-50-47-44-41-38-35-32-29-26-23-20-17-14-11-8-5-2/h8-9,11-12,16-21,25-30,34-38,40,42-44,47,51,53-54,56,82-84,88-89H,4-7,10,13-15,22-24,31-33,39,41,45-46,48-50,52,55,57-81H2,1-3H3,(H,93,94)(H,95,96)/b11-8-,12-9-,19-16-,20-17-,21-18-,28-25-,29-26-,30-27-,37-34-,38-35-,42-40-,43-36-,47-44-,54-51-,56-53-. The van der Waals surface area contributed by atoms with E-state index in [4.69, 9.17) is 32.3 Å². The van der Waals surface area contributed by atoms with Gasteiger partial charge in [0.05, 0.1) is 26.4 Å². The van der Waals surface area contributed by atoms with E-state index in [-0.39, 0.29) is 19.3 Å². The van der Waals surface area contributed by atoms with Crippen molar-refractivity contribution in [3.8, 4) is 0 Å². The third kappa shape index (κ3) is 79.5. The fourth-order valence-corrected chi connectivity index (χ4v) is 11.6. The van der Waals surface area contributed by atoms with Gasteiger partial charge in [-0.05, 0) is 161 Å². The minimum Gasteiger partial charge on any atom is -0.463 e. The number of carbonyl (C=O) groups excluding carboxylic acids is 3. The van der Waals surface area contributed by atoms with Crippen LogP contribution in [0.15, 0.2) is 182 Å². The van der Waals surface area contributed by atoms with Crippen molar-refractivity contribution in [1.82, 2.24) is 0 Å². The number of phosphoric acid groups is 2. The van der Waals surface area contributed by atoms with Gasteiger partial charge in [0.1, 0.15) is 25.4 Å². The van der Waals surface area contributed by atoms with Gasteiger partial charge < -0.3 is 34.2 Å². The molecule has 18 heteroatoms. The van der Waals surface area contributed by atoms with Crippen molar-refractivity contribution >= 4 is 33.6 Å². The lowest BCUT2D eigenvalue weighted by atomic mass is 10.1. The Kier molecular flexibility index (Phi) is 74.3. The molecule has 0 aliphatic heterocycles. The Morgan fingerprint density at radius 3 is 0.800 bits per heavy atom. The number of unbranched alkanes of at least 4 members (excludes halogenated alkanes) is 21. The molecular formula is C87H142O16P2. The molecule has 4 N–H and O–H groups in total. The highest BCUT2D eigenvalue weighted by Gasteiger charge is 2.29. The van der Waals surface area contributed by atoms with Crippen LogP contribution in [-0.2, 0) is 55.8 Å². The first-order chi connectivity index (χ1) is 51.2. The number of rotatable bonds is 74. The number of hydrogen-bond acceptors (Lipinski definition) is 14. The Labute approximate surface area is 636 Å². The van der Waals surface area contributed by atoms with Crippen molar-refractivity contribution in [3.63, 3.8) is 0 Å². The van der Waals surface area contributed by atoms with Crippen LogP contribution >= 0.6 is 15.6 Å². The third-order valence-corrected chi connectivity index (χ3v) is 18.0. The fraction of sp³-hybridized carbons (Fsp3) is 0.621. The second kappa shape index (κ2) is 78.2. The number of aliphatic hydroxyl groups is 2. The van der Waals surface area contributed by atoms with E-state index in [1.54, 1.807) is 0 Å². The van der Waals surface area contributed by atoms with Crippen LogP contribution in [0.2, 0.25) is 0 Å². The van der Waals surface area contributed by atoms with Crippen molar-refractivity contribution in [2.45, 2.75) is 309 Å². The van der Waals surface area contributed by atoms with Crippen LogP contribution in [0.5, 0.6) is 0 Å². The summed E-state index contributed by atoms with van der Waals surface area (Å²) in [6.07, 6.45) is 101. The molecule has 5 atom stereocenters. The zero-order valence-corrected chi connectivity index (χ0v) is 66.9. The lowest BCUT2D eigenvalue weighted by Gasteiger charge is -2.21. The van der Waals surface area contributed by atoms with Gasteiger partial charge in [0.2, 0.25) is 0 Å². The van der Waals surface area contributed by atoms with E-state index in [0.717, 1.165) is 180 Å². The van der Waals surface area contributed by atoms with E-state index in [1.807, 2.05) is 0 Å². The summed E-state index contributed by atoms with van der Waals surface area (Å²) in [6.45, 7) is 2.35. The van der Waals surface area contributed by atoms with Gasteiger partial charge in [-0.3, -0.25) is 32.5 Å². The van der Waals surface area contributed by atoms with Crippen molar-refractivity contribution in [1.29, 1.82) is 0 Å². The monoisotopic (exact) mass is 1500 g/mol. The average molecular weight is 1510 g/mol. The van der Waals surface area contributed by atoms with Crippen LogP contribution in [0, 0.1) is 0 Å². The van der Waals surface area contributed by atoms with Gasteiger partial charge in [-0.2, -0.15) is 0 Å². The van der Waals surface area contributed by atoms with Gasteiger partial charge in [0.15, 0.2) is 6.10 Å². The maximum Gasteiger partial charge on any atom is 0.472 e. The largest absolute Gasteiger partial charge is 0.472 e. The molecule has 596 valence electrons. The van der Waals surface area contributed by atoms with Gasteiger partial charge >= 0.3 is 33.6 Å². The molecule has 0 aromatic heterocycles. The quantitative estimate of drug-likeness (QED) is 0.0146. The van der Waals surface area contributed by atoms with Crippen molar-refractivity contribution in [2.24, 2.45) is 0 Å². The van der Waals surface area contributed by atoms with Gasteiger partial charge in [0, 0.05) is 19.3 Å². The van der Waals surface area contributed by atoms with E-state index < -0.39 is 91.5 Å². The molecule has 0 saturated carbocycles. The minimum absolute atomic E-state index is 0.0681. The molecule has 0 amide bonds. The topological polar surface area (TPSA) is 231 Å². The van der Waals surface area contributed by atoms with Crippen LogP contribution < -0.4 is 0 Å². The molecule has 0 aliphatic carbocycles. The van der Waals surface area contributed by atoms with Crippen LogP contribution in [0.1, 0.15) is 290 Å². The average Bonchev–Trinajstić information content (AvgIpc) is 0.917. The summed E-state index contributed by atoms with van der Waals surface area (Å²) in [5, 5.41) is 20.7. The lowest BCUT2D eigenvalue weighted by molar-refractivity contribution is -0.161. The highest BCUT2D eigenvalue weighted by Crippen LogP contribution is 2.45. The van der Waals surface area contributed by atoms with Crippen molar-refractivity contribution < 1.29 is 75.8 Å². The Morgan fingerprint density at radius 2 is 0.505 bits per heavy atom. The second-order valence-electron chi connectivity index (χ2n) is 26.1. The van der Waals surface area contributed by atoms with Gasteiger partial charge in [-0.25, -0.2) is 9.13 Å². The third-order valence-electron chi connectivity index (χ3n) is 16.1. The number of aliphatic hydroxyl groups excluding tert-OH is 2. The van der Waals surface area contributed by atoms with E-state index in [2.05, 4.69) is 203 Å². The summed E-state index contributed by atoms with van der Waals surface area (Å²) in [6, 6.07) is 0. The van der Waals surface area contributed by atoms with E-state index >= 15 is 0 Å². The van der Waals surface area contributed by atoms with Gasteiger partial charge in [-0.15, -0.1) is 0 Å². The Balaban J connectivity index is 4.75. The maximum absolute atomic E-state index is 13.0. The van der Waals surface area contributed by atoms with E-state index in [1.165, 1.54) is 51.4 Å². The first kappa shape index (κ1) is 99.7. The smallest absolute Gasteiger partial charge is 0.463 e. The normalized spacial score (nSPS) is 14.9. The summed E-state index contributed by atoms with van der Waals surface area (Å²) < 4.78 is 61.2. The maximum atomic E-state index is 13.0. The summed E-state index contributed by atoms with van der Waals surface area (Å²) in [5.41, 5.74) is 0. The molecular weight excluding hydrogens is 1360 g/mol. The number of phosphoric ester groups is 2. The number of esters is 3. The highest BCUT2D eigenvalue weighted by molar-refractivity contribution is 7.47. The summed E-state index contributed by atoms with van der Waals surface area (Å²) in [7, 11) is -9.83. The molecule has 16 nitrogen and oxygen atoms in total. The van der Waals surface area contributed by atoms with E-state index in [0.29, 0.717) is 19.3 Å². The predicted octanol–water partition coefficient (Wildman–Crippen LogP) is 23.8. The van der Waals surface area contributed by atoms with Crippen molar-refractivity contribution in [3.05, 3.63) is 182 Å². The Bertz CT molecular complexity index is 2640. The molecule has 0 rings (SSSR count). The fourth-order valence-electron chi connectivity index (χ4n) is 10.1. The predicted molar refractivity (Wildman–Crippen MR) is 435 cm³/mol. The van der Waals surface area contributed by atoms with Crippen LogP contribution in [0.4, 0.5) is 0 Å². The van der Waals surface area contributed by atoms with Crippen molar-refractivity contribution in [2.75, 3.05) is 39.6 Å². The molecule has 0 heterocycles. The van der Waals surface area contributed by atoms with Crippen LogP contribution in [0.25, 0.3) is 0 Å². The van der Waals surface area contributed by atoms with E-state index in [9.17, 15) is 43.5 Å². The zero-order valence-electron chi connectivity index (χ0n) is 65.1. The molecule has 5 unspecified atom stereocenters. The Morgan fingerprint density at radius 1 is 0.276 bits per heavy atom. The SMILES string of the molecule is CC/C=C\C/C=C\C/C=C\C/C=C\C/C=C\C/C=C\CCCCCCC(=O)OCC(COP(=O)(O)OCC(O)COP(=O)(O)OCC(O)COC(=O)CCCCCCCCCCC/C=C\C/C=C\C/C=C\C/C=C\CCCCC)OC(=O)CCCCCCC/C=C\C/C=C\C/C=C\C/C=C\C/C=C\CC. The van der Waals surface area contributed by atoms with Gasteiger partial charge in [-0.1, -0.05) is 293 Å². The first-order valence-corrected chi connectivity index (χ1v) is 43.1. The highest BCUT2D eigenvalue weighted by atomic mass is 31.2. The molecule has 0 fully saturated rings. The molecule has 0 bridgehead atoms. The molecule has 0 spiro atoms. The summed E-state index contributed by atoms with van der Waals surface area (Å²) in [5.74, 6) is -1.64.